The second kappa shape index (κ2) is 6.54. The van der Waals surface area contributed by atoms with Crippen molar-refractivity contribution in [1.29, 1.82) is 0 Å². The summed E-state index contributed by atoms with van der Waals surface area (Å²) in [5.74, 6) is -0.323. The highest BCUT2D eigenvalue weighted by Crippen LogP contribution is 2.24. The molecule has 4 nitrogen and oxygen atoms in total. The molecule has 6 heteroatoms. The van der Waals surface area contributed by atoms with E-state index in [0.29, 0.717) is 6.54 Å². The number of sulfonamides is 1. The van der Waals surface area contributed by atoms with E-state index in [9.17, 15) is 12.8 Å². The van der Waals surface area contributed by atoms with Crippen molar-refractivity contribution in [2.75, 3.05) is 29.7 Å². The number of hydrogen-bond acceptors (Lipinski definition) is 3. The topological polar surface area (TPSA) is 49.4 Å². The van der Waals surface area contributed by atoms with Gasteiger partial charge in [0.05, 0.1) is 11.4 Å². The number of nitrogens with one attached hydrogen (secondary N) is 1. The summed E-state index contributed by atoms with van der Waals surface area (Å²) < 4.78 is 40.0. The second-order valence-electron chi connectivity index (χ2n) is 5.11. The smallest absolute Gasteiger partial charge is 0.235 e. The third kappa shape index (κ3) is 3.49. The average Bonchev–Trinajstić information content (AvgIpc) is 2.42. The summed E-state index contributed by atoms with van der Waals surface area (Å²) in [5.41, 5.74) is 0.138. The van der Waals surface area contributed by atoms with Gasteiger partial charge in [0.2, 0.25) is 10.0 Å². The van der Waals surface area contributed by atoms with Crippen LogP contribution in [0.3, 0.4) is 0 Å². The molecule has 20 heavy (non-hydrogen) atoms. The fraction of sp³-hybridized carbons (Fsp3) is 0.571. The zero-order valence-corrected chi connectivity index (χ0v) is 12.5. The van der Waals surface area contributed by atoms with E-state index < -0.39 is 15.8 Å². The molecule has 1 aliphatic rings. The summed E-state index contributed by atoms with van der Waals surface area (Å²) in [4.78, 5) is 0. The fourth-order valence-corrected chi connectivity index (χ4v) is 4.53. The van der Waals surface area contributed by atoms with E-state index in [0.717, 1.165) is 19.4 Å². The highest BCUT2D eigenvalue weighted by molar-refractivity contribution is 7.92. The largest absolute Gasteiger partial charge is 0.316 e. The van der Waals surface area contributed by atoms with Crippen LogP contribution in [0.4, 0.5) is 10.1 Å². The van der Waals surface area contributed by atoms with Crippen molar-refractivity contribution in [2.24, 2.45) is 5.92 Å². The maximum absolute atomic E-state index is 13.8. The van der Waals surface area contributed by atoms with Gasteiger partial charge in [0, 0.05) is 6.54 Å². The monoisotopic (exact) mass is 300 g/mol. The lowest BCUT2D eigenvalue weighted by Crippen LogP contribution is -2.40. The van der Waals surface area contributed by atoms with E-state index in [-0.39, 0.29) is 23.9 Å². The van der Waals surface area contributed by atoms with Crippen molar-refractivity contribution in [3.05, 3.63) is 30.1 Å². The van der Waals surface area contributed by atoms with Crippen LogP contribution in [-0.4, -0.2) is 33.8 Å². The van der Waals surface area contributed by atoms with Crippen LogP contribution in [0.5, 0.6) is 0 Å². The first kappa shape index (κ1) is 15.3. The molecule has 2 rings (SSSR count). The van der Waals surface area contributed by atoms with Crippen LogP contribution in [0.2, 0.25) is 0 Å². The molecule has 1 N–H and O–H groups in total. The Labute approximate surface area is 120 Å². The predicted molar refractivity (Wildman–Crippen MR) is 78.8 cm³/mol. The Morgan fingerprint density at radius 2 is 2.15 bits per heavy atom. The molecule has 0 spiro atoms. The zero-order valence-electron chi connectivity index (χ0n) is 11.7. The van der Waals surface area contributed by atoms with Gasteiger partial charge >= 0.3 is 0 Å². The molecular formula is C14H21FN2O2S. The van der Waals surface area contributed by atoms with E-state index in [1.807, 2.05) is 0 Å². The van der Waals surface area contributed by atoms with Gasteiger partial charge in [-0.15, -0.1) is 0 Å². The molecule has 1 unspecified atom stereocenters. The predicted octanol–water partition coefficient (Wildman–Crippen LogP) is 1.98. The van der Waals surface area contributed by atoms with Gasteiger partial charge in [0.15, 0.2) is 0 Å². The molecule has 112 valence electrons. The lowest BCUT2D eigenvalue weighted by atomic mass is 10.0. The molecule has 1 fully saturated rings. The van der Waals surface area contributed by atoms with Crippen molar-refractivity contribution in [3.8, 4) is 0 Å². The summed E-state index contributed by atoms with van der Waals surface area (Å²) >= 11 is 0. The molecule has 1 saturated heterocycles. The molecular weight excluding hydrogens is 279 g/mol. The first-order valence-corrected chi connectivity index (χ1v) is 8.61. The minimum Gasteiger partial charge on any atom is -0.316 e. The van der Waals surface area contributed by atoms with Gasteiger partial charge in [0.25, 0.3) is 0 Å². The van der Waals surface area contributed by atoms with Gasteiger partial charge in [-0.1, -0.05) is 12.1 Å². The Kier molecular flexibility index (Phi) is 4.99. The Balaban J connectivity index is 2.19. The standard InChI is InChI=1S/C14H21FN2O2S/c1-2-17(14-8-4-3-7-13(14)15)20(18,19)11-12-6-5-9-16-10-12/h3-4,7-8,12,16H,2,5-6,9-11H2,1H3. The van der Waals surface area contributed by atoms with Crippen LogP contribution >= 0.6 is 0 Å². The SMILES string of the molecule is CCN(c1ccccc1F)S(=O)(=O)CC1CCCNC1. The zero-order chi connectivity index (χ0) is 14.6. The van der Waals surface area contributed by atoms with Crippen molar-refractivity contribution in [1.82, 2.24) is 5.32 Å². The Hall–Kier alpha value is -1.14. The normalized spacial score (nSPS) is 19.8. The second-order valence-corrected chi connectivity index (χ2v) is 7.05. The van der Waals surface area contributed by atoms with Crippen LogP contribution in [0.1, 0.15) is 19.8 Å². The molecule has 1 aromatic rings. The third-order valence-corrected chi connectivity index (χ3v) is 5.61. The Bertz CT molecular complexity index is 542. The van der Waals surface area contributed by atoms with Crippen molar-refractivity contribution in [2.45, 2.75) is 19.8 Å². The highest BCUT2D eigenvalue weighted by atomic mass is 32.2. The summed E-state index contributed by atoms with van der Waals surface area (Å²) in [5, 5.41) is 3.21. The van der Waals surface area contributed by atoms with E-state index in [1.165, 1.54) is 16.4 Å². The van der Waals surface area contributed by atoms with Gasteiger partial charge in [0.1, 0.15) is 5.82 Å². The Morgan fingerprint density at radius 1 is 1.40 bits per heavy atom. The number of para-hydroxylation sites is 1. The van der Waals surface area contributed by atoms with E-state index in [2.05, 4.69) is 5.32 Å². The maximum atomic E-state index is 13.8. The number of rotatable bonds is 5. The first-order valence-electron chi connectivity index (χ1n) is 7.00. The van der Waals surface area contributed by atoms with Gasteiger partial charge in [-0.05, 0) is 50.9 Å². The Morgan fingerprint density at radius 3 is 2.75 bits per heavy atom. The van der Waals surface area contributed by atoms with Gasteiger partial charge in [-0.25, -0.2) is 12.8 Å². The van der Waals surface area contributed by atoms with Crippen molar-refractivity contribution < 1.29 is 12.8 Å². The number of anilines is 1. The molecule has 1 atom stereocenters. The highest BCUT2D eigenvalue weighted by Gasteiger charge is 2.27. The molecule has 0 saturated carbocycles. The van der Waals surface area contributed by atoms with E-state index in [1.54, 1.807) is 19.1 Å². The van der Waals surface area contributed by atoms with Crippen LogP contribution < -0.4 is 9.62 Å². The lowest BCUT2D eigenvalue weighted by Gasteiger charge is -2.28. The third-order valence-electron chi connectivity index (χ3n) is 3.59. The van der Waals surface area contributed by atoms with Crippen LogP contribution in [-0.2, 0) is 10.0 Å². The maximum Gasteiger partial charge on any atom is 0.235 e. The number of hydrogen-bond donors (Lipinski definition) is 1. The number of nitrogens with zero attached hydrogens (tertiary/aromatic N) is 1. The van der Waals surface area contributed by atoms with Gasteiger partial charge in [-0.2, -0.15) is 0 Å². The molecule has 1 heterocycles. The molecule has 0 amide bonds. The van der Waals surface area contributed by atoms with Crippen LogP contribution in [0, 0.1) is 11.7 Å². The minimum atomic E-state index is -3.49. The van der Waals surface area contributed by atoms with Gasteiger partial charge in [-0.3, -0.25) is 4.31 Å². The molecule has 0 radical (unpaired) electrons. The van der Waals surface area contributed by atoms with Crippen molar-refractivity contribution in [3.63, 3.8) is 0 Å². The summed E-state index contributed by atoms with van der Waals surface area (Å²) in [6.07, 6.45) is 1.90. The molecule has 0 bridgehead atoms. The summed E-state index contributed by atoms with van der Waals surface area (Å²) in [7, 11) is -3.49. The van der Waals surface area contributed by atoms with E-state index >= 15 is 0 Å². The quantitative estimate of drug-likeness (QED) is 0.904. The van der Waals surface area contributed by atoms with Crippen molar-refractivity contribution >= 4 is 15.7 Å². The van der Waals surface area contributed by atoms with Crippen LogP contribution in [0.15, 0.2) is 24.3 Å². The van der Waals surface area contributed by atoms with Gasteiger partial charge < -0.3 is 5.32 Å². The number of halogens is 1. The lowest BCUT2D eigenvalue weighted by molar-refractivity contribution is 0.403. The number of benzene rings is 1. The molecule has 0 aromatic heterocycles. The molecule has 1 aromatic carbocycles. The minimum absolute atomic E-state index is 0.0716. The fourth-order valence-electron chi connectivity index (χ4n) is 2.62. The van der Waals surface area contributed by atoms with E-state index in [4.69, 9.17) is 0 Å². The number of piperidine rings is 1. The average molecular weight is 300 g/mol. The first-order chi connectivity index (χ1) is 9.54. The summed E-state index contributed by atoms with van der Waals surface area (Å²) in [6.45, 7) is 3.63. The summed E-state index contributed by atoms with van der Waals surface area (Å²) in [6, 6.07) is 6.01. The van der Waals surface area contributed by atoms with Crippen LogP contribution in [0.25, 0.3) is 0 Å². The molecule has 0 aliphatic carbocycles. The molecule has 1 aliphatic heterocycles.